The van der Waals surface area contributed by atoms with E-state index in [-0.39, 0.29) is 12.5 Å². The molecule has 0 atom stereocenters. The van der Waals surface area contributed by atoms with Gasteiger partial charge in [0.25, 0.3) is 0 Å². The first-order valence-corrected chi connectivity index (χ1v) is 5.85. The maximum atomic E-state index is 11.3. The summed E-state index contributed by atoms with van der Waals surface area (Å²) >= 11 is 0. The van der Waals surface area contributed by atoms with Crippen molar-refractivity contribution in [3.05, 3.63) is 22.8 Å². The predicted molar refractivity (Wildman–Crippen MR) is 72.5 cm³/mol. The molecular weight excluding hydrogens is 230 g/mol. The fraction of sp³-hybridized carbons (Fsp3) is 0.500. The van der Waals surface area contributed by atoms with Gasteiger partial charge >= 0.3 is 5.97 Å². The molecule has 0 spiro atoms. The summed E-state index contributed by atoms with van der Waals surface area (Å²) in [7, 11) is 4.95. The molecule has 0 bridgehead atoms. The van der Waals surface area contributed by atoms with Gasteiger partial charge in [-0.15, -0.1) is 0 Å². The van der Waals surface area contributed by atoms with Gasteiger partial charge in [0.15, 0.2) is 0 Å². The van der Waals surface area contributed by atoms with Crippen LogP contribution in [0.4, 0.5) is 5.69 Å². The van der Waals surface area contributed by atoms with Gasteiger partial charge in [0, 0.05) is 12.7 Å². The number of carbonyl (C=O) groups is 1. The molecule has 4 nitrogen and oxygen atoms in total. The summed E-state index contributed by atoms with van der Waals surface area (Å²) in [4.78, 5) is 13.2. The fourth-order valence-electron chi connectivity index (χ4n) is 2.17. The fourth-order valence-corrected chi connectivity index (χ4v) is 2.17. The Bertz CT molecular complexity index is 455. The Balaban J connectivity index is 3.17. The van der Waals surface area contributed by atoms with E-state index in [1.165, 1.54) is 7.11 Å². The molecule has 0 aliphatic heterocycles. The Morgan fingerprint density at radius 2 is 1.83 bits per heavy atom. The van der Waals surface area contributed by atoms with Crippen molar-refractivity contribution in [2.45, 2.75) is 20.8 Å². The number of rotatable bonds is 4. The Morgan fingerprint density at radius 3 is 2.33 bits per heavy atom. The molecule has 0 aromatic heterocycles. The van der Waals surface area contributed by atoms with E-state index in [1.54, 1.807) is 7.11 Å². The number of hydrogen-bond donors (Lipinski definition) is 0. The second-order valence-electron chi connectivity index (χ2n) is 4.43. The number of carbonyl (C=O) groups excluding carboxylic acids is 1. The lowest BCUT2D eigenvalue weighted by molar-refractivity contribution is -0.138. The molecular formula is C14H21NO3. The summed E-state index contributed by atoms with van der Waals surface area (Å²) in [6.07, 6.45) is 0. The van der Waals surface area contributed by atoms with Crippen molar-refractivity contribution >= 4 is 11.7 Å². The van der Waals surface area contributed by atoms with Crippen molar-refractivity contribution in [3.8, 4) is 5.75 Å². The van der Waals surface area contributed by atoms with Crippen molar-refractivity contribution in [2.24, 2.45) is 0 Å². The molecule has 100 valence electrons. The summed E-state index contributed by atoms with van der Waals surface area (Å²) in [6.45, 7) is 6.30. The number of anilines is 1. The van der Waals surface area contributed by atoms with Crippen LogP contribution in [-0.4, -0.2) is 33.8 Å². The quantitative estimate of drug-likeness (QED) is 0.769. The highest BCUT2D eigenvalue weighted by Crippen LogP contribution is 2.33. The first kappa shape index (κ1) is 14.4. The maximum absolute atomic E-state index is 11.3. The Kier molecular flexibility index (Phi) is 4.59. The van der Waals surface area contributed by atoms with E-state index in [0.717, 1.165) is 28.1 Å². The second kappa shape index (κ2) is 5.76. The third-order valence-electron chi connectivity index (χ3n) is 3.20. The highest BCUT2D eigenvalue weighted by atomic mass is 16.5. The second-order valence-corrected chi connectivity index (χ2v) is 4.43. The van der Waals surface area contributed by atoms with E-state index in [0.29, 0.717) is 0 Å². The summed E-state index contributed by atoms with van der Waals surface area (Å²) in [5.41, 5.74) is 4.35. The third-order valence-corrected chi connectivity index (χ3v) is 3.20. The summed E-state index contributed by atoms with van der Waals surface area (Å²) in [6, 6.07) is 1.99. The number of methoxy groups -OCH3 is 2. The maximum Gasteiger partial charge on any atom is 0.325 e. The highest BCUT2D eigenvalue weighted by molar-refractivity contribution is 5.77. The average molecular weight is 251 g/mol. The Morgan fingerprint density at radius 1 is 1.22 bits per heavy atom. The normalized spacial score (nSPS) is 10.1. The van der Waals surface area contributed by atoms with Crippen LogP contribution in [0.2, 0.25) is 0 Å². The molecule has 0 radical (unpaired) electrons. The summed E-state index contributed by atoms with van der Waals surface area (Å²) < 4.78 is 10.0. The van der Waals surface area contributed by atoms with Gasteiger partial charge in [0.1, 0.15) is 12.3 Å². The molecule has 1 aromatic carbocycles. The van der Waals surface area contributed by atoms with Crippen LogP contribution in [0.15, 0.2) is 6.07 Å². The largest absolute Gasteiger partial charge is 0.496 e. The Hall–Kier alpha value is -1.71. The zero-order chi connectivity index (χ0) is 13.9. The van der Waals surface area contributed by atoms with Crippen LogP contribution in [0.1, 0.15) is 16.7 Å². The topological polar surface area (TPSA) is 38.8 Å². The number of hydrogen-bond acceptors (Lipinski definition) is 4. The molecule has 0 amide bonds. The molecule has 0 N–H and O–H groups in total. The number of aryl methyl sites for hydroxylation is 1. The first-order valence-electron chi connectivity index (χ1n) is 5.85. The van der Waals surface area contributed by atoms with Gasteiger partial charge in [-0.25, -0.2) is 0 Å². The van der Waals surface area contributed by atoms with Crippen LogP contribution in [0.25, 0.3) is 0 Å². The molecule has 0 heterocycles. The van der Waals surface area contributed by atoms with Gasteiger partial charge in [-0.2, -0.15) is 0 Å². The minimum atomic E-state index is -0.246. The van der Waals surface area contributed by atoms with E-state index < -0.39 is 0 Å². The molecule has 0 saturated carbocycles. The third kappa shape index (κ3) is 2.75. The van der Waals surface area contributed by atoms with E-state index in [9.17, 15) is 4.79 Å². The molecule has 0 unspecified atom stereocenters. The minimum Gasteiger partial charge on any atom is -0.496 e. The lowest BCUT2D eigenvalue weighted by atomic mass is 10.0. The van der Waals surface area contributed by atoms with Gasteiger partial charge in [-0.1, -0.05) is 0 Å². The van der Waals surface area contributed by atoms with Gasteiger partial charge in [0.05, 0.1) is 14.2 Å². The number of nitrogens with zero attached hydrogens (tertiary/aromatic N) is 1. The summed E-state index contributed by atoms with van der Waals surface area (Å²) in [5.74, 6) is 0.630. The standard InChI is InChI=1S/C14H21NO3/c1-9-7-12(17-5)10(2)11(3)14(9)15(4)8-13(16)18-6/h7H,8H2,1-6H3. The molecule has 4 heteroatoms. The number of ether oxygens (including phenoxy) is 2. The van der Waals surface area contributed by atoms with Crippen LogP contribution in [0.3, 0.4) is 0 Å². The summed E-state index contributed by atoms with van der Waals surface area (Å²) in [5, 5.41) is 0. The SMILES string of the molecule is COC(=O)CN(C)c1c(C)cc(OC)c(C)c1C. The minimum absolute atomic E-state index is 0.240. The lowest BCUT2D eigenvalue weighted by Gasteiger charge is -2.24. The molecule has 0 fully saturated rings. The smallest absolute Gasteiger partial charge is 0.325 e. The van der Waals surface area contributed by atoms with Crippen molar-refractivity contribution < 1.29 is 14.3 Å². The number of benzene rings is 1. The van der Waals surface area contributed by atoms with E-state index in [4.69, 9.17) is 9.47 Å². The number of likely N-dealkylation sites (N-methyl/N-ethyl adjacent to an activating group) is 1. The van der Waals surface area contributed by atoms with Crippen molar-refractivity contribution in [3.63, 3.8) is 0 Å². The molecule has 1 aromatic rings. The molecule has 18 heavy (non-hydrogen) atoms. The zero-order valence-electron chi connectivity index (χ0n) is 12.0. The highest BCUT2D eigenvalue weighted by Gasteiger charge is 2.16. The molecule has 0 saturated heterocycles. The zero-order valence-corrected chi connectivity index (χ0v) is 12.0. The lowest BCUT2D eigenvalue weighted by Crippen LogP contribution is -2.27. The first-order chi connectivity index (χ1) is 8.42. The monoisotopic (exact) mass is 251 g/mol. The molecule has 1 rings (SSSR count). The molecule has 0 aliphatic rings. The predicted octanol–water partition coefficient (Wildman–Crippen LogP) is 2.23. The van der Waals surface area contributed by atoms with Crippen LogP contribution in [0.5, 0.6) is 5.75 Å². The van der Waals surface area contributed by atoms with Crippen LogP contribution < -0.4 is 9.64 Å². The number of esters is 1. The van der Waals surface area contributed by atoms with Crippen LogP contribution in [0, 0.1) is 20.8 Å². The van der Waals surface area contributed by atoms with Crippen LogP contribution >= 0.6 is 0 Å². The Labute approximate surface area is 108 Å². The van der Waals surface area contributed by atoms with Gasteiger partial charge in [-0.3, -0.25) is 4.79 Å². The van der Waals surface area contributed by atoms with Crippen molar-refractivity contribution in [2.75, 3.05) is 32.7 Å². The molecule has 0 aliphatic carbocycles. The van der Waals surface area contributed by atoms with Crippen molar-refractivity contribution in [1.29, 1.82) is 0 Å². The van der Waals surface area contributed by atoms with Gasteiger partial charge in [0.2, 0.25) is 0 Å². The van der Waals surface area contributed by atoms with Gasteiger partial charge < -0.3 is 14.4 Å². The van der Waals surface area contributed by atoms with E-state index >= 15 is 0 Å². The van der Waals surface area contributed by atoms with Crippen molar-refractivity contribution in [1.82, 2.24) is 0 Å². The average Bonchev–Trinajstić information content (AvgIpc) is 2.33. The van der Waals surface area contributed by atoms with Crippen LogP contribution in [-0.2, 0) is 9.53 Å². The van der Waals surface area contributed by atoms with E-state index in [1.807, 2.05) is 38.8 Å². The van der Waals surface area contributed by atoms with Gasteiger partial charge in [-0.05, 0) is 43.5 Å². The van der Waals surface area contributed by atoms with E-state index in [2.05, 4.69) is 0 Å².